The highest BCUT2D eigenvalue weighted by atomic mass is 19.1. The van der Waals surface area contributed by atoms with Crippen LogP contribution in [0.4, 0.5) is 15.8 Å². The summed E-state index contributed by atoms with van der Waals surface area (Å²) < 4.78 is 18.7. The minimum Gasteiger partial charge on any atom is -0.494 e. The van der Waals surface area contributed by atoms with Crippen LogP contribution in [0, 0.1) is 11.7 Å². The van der Waals surface area contributed by atoms with Crippen LogP contribution in [-0.4, -0.2) is 19.7 Å². The highest BCUT2D eigenvalue weighted by Gasteiger charge is 2.35. The Labute approximate surface area is 113 Å². The molecule has 0 radical (unpaired) electrons. The van der Waals surface area contributed by atoms with E-state index in [0.717, 1.165) is 18.2 Å². The highest BCUT2D eigenvalue weighted by Crippen LogP contribution is 2.42. The van der Waals surface area contributed by atoms with Crippen molar-refractivity contribution in [1.29, 1.82) is 0 Å². The maximum absolute atomic E-state index is 13.6. The van der Waals surface area contributed by atoms with Crippen LogP contribution in [0.5, 0.6) is 5.75 Å². The number of fused-ring (bicyclic) bond motifs is 1. The van der Waals surface area contributed by atoms with Crippen molar-refractivity contribution in [3.8, 4) is 5.75 Å². The smallest absolute Gasteiger partial charge is 0.167 e. The minimum absolute atomic E-state index is 0.282. The lowest BCUT2D eigenvalue weighted by molar-refractivity contribution is 0.360. The van der Waals surface area contributed by atoms with Gasteiger partial charge in [0.15, 0.2) is 11.6 Å². The SMILES string of the molecule is COc1cc(N2CCCC3CCCC32)c(N)cc1F. The summed E-state index contributed by atoms with van der Waals surface area (Å²) in [6, 6.07) is 3.71. The molecule has 19 heavy (non-hydrogen) atoms. The van der Waals surface area contributed by atoms with Gasteiger partial charge >= 0.3 is 0 Å². The van der Waals surface area contributed by atoms with Crippen LogP contribution < -0.4 is 15.4 Å². The zero-order chi connectivity index (χ0) is 13.4. The topological polar surface area (TPSA) is 38.5 Å². The Balaban J connectivity index is 1.96. The van der Waals surface area contributed by atoms with Gasteiger partial charge in [0.1, 0.15) is 0 Å². The zero-order valence-corrected chi connectivity index (χ0v) is 11.4. The number of halogens is 1. The van der Waals surface area contributed by atoms with E-state index in [0.29, 0.717) is 11.7 Å². The fraction of sp³-hybridized carbons (Fsp3) is 0.600. The molecule has 3 nitrogen and oxygen atoms in total. The molecule has 0 amide bonds. The molecule has 2 unspecified atom stereocenters. The number of ether oxygens (including phenoxy) is 1. The van der Waals surface area contributed by atoms with Gasteiger partial charge in [0.25, 0.3) is 0 Å². The standard InChI is InChI=1S/C15H21FN2O/c1-19-15-9-14(12(17)8-11(15)16)18-7-3-5-10-4-2-6-13(10)18/h8-10,13H,2-7,17H2,1H3. The molecule has 1 aliphatic heterocycles. The molecule has 3 rings (SSSR count). The summed E-state index contributed by atoms with van der Waals surface area (Å²) in [6.45, 7) is 1.01. The summed E-state index contributed by atoms with van der Waals surface area (Å²) >= 11 is 0. The summed E-state index contributed by atoms with van der Waals surface area (Å²) in [5.74, 6) is 0.678. The number of nitrogen functional groups attached to an aromatic ring is 1. The molecular formula is C15H21FN2O. The van der Waals surface area contributed by atoms with E-state index in [1.165, 1.54) is 45.3 Å². The first-order chi connectivity index (χ1) is 9.20. The molecule has 1 aliphatic carbocycles. The van der Waals surface area contributed by atoms with E-state index in [9.17, 15) is 4.39 Å². The van der Waals surface area contributed by atoms with Crippen LogP contribution in [0.3, 0.4) is 0 Å². The molecule has 0 bridgehead atoms. The van der Waals surface area contributed by atoms with Crippen molar-refractivity contribution in [2.24, 2.45) is 5.92 Å². The van der Waals surface area contributed by atoms with Crippen LogP contribution in [0.2, 0.25) is 0 Å². The van der Waals surface area contributed by atoms with Gasteiger partial charge in [-0.15, -0.1) is 0 Å². The molecule has 0 spiro atoms. The van der Waals surface area contributed by atoms with Crippen molar-refractivity contribution in [2.45, 2.75) is 38.1 Å². The minimum atomic E-state index is -0.385. The van der Waals surface area contributed by atoms with E-state index < -0.39 is 0 Å². The highest BCUT2D eigenvalue weighted by molar-refractivity contribution is 5.70. The second-order valence-electron chi connectivity index (χ2n) is 5.64. The molecule has 2 aliphatic rings. The van der Waals surface area contributed by atoms with Gasteiger partial charge in [-0.25, -0.2) is 4.39 Å². The Morgan fingerprint density at radius 1 is 1.26 bits per heavy atom. The number of benzene rings is 1. The van der Waals surface area contributed by atoms with E-state index in [-0.39, 0.29) is 11.6 Å². The van der Waals surface area contributed by atoms with Gasteiger partial charge in [-0.1, -0.05) is 6.42 Å². The third kappa shape index (κ3) is 2.13. The Morgan fingerprint density at radius 2 is 2.05 bits per heavy atom. The number of methoxy groups -OCH3 is 1. The van der Waals surface area contributed by atoms with Crippen molar-refractivity contribution in [2.75, 3.05) is 24.3 Å². The molecule has 104 valence electrons. The zero-order valence-electron chi connectivity index (χ0n) is 11.4. The van der Waals surface area contributed by atoms with Crippen molar-refractivity contribution in [1.82, 2.24) is 0 Å². The first kappa shape index (κ1) is 12.6. The van der Waals surface area contributed by atoms with Gasteiger partial charge in [0.05, 0.1) is 18.5 Å². The molecule has 2 atom stereocenters. The normalized spacial score (nSPS) is 26.3. The Morgan fingerprint density at radius 3 is 2.84 bits per heavy atom. The molecule has 1 heterocycles. The van der Waals surface area contributed by atoms with Gasteiger partial charge in [-0.2, -0.15) is 0 Å². The lowest BCUT2D eigenvalue weighted by Gasteiger charge is -2.40. The number of anilines is 2. The average molecular weight is 264 g/mol. The van der Waals surface area contributed by atoms with Gasteiger partial charge in [-0.05, 0) is 31.6 Å². The number of hydrogen-bond acceptors (Lipinski definition) is 3. The van der Waals surface area contributed by atoms with Crippen molar-refractivity contribution < 1.29 is 9.13 Å². The molecule has 1 saturated carbocycles. The average Bonchev–Trinajstić information content (AvgIpc) is 2.87. The lowest BCUT2D eigenvalue weighted by Crippen LogP contribution is -2.43. The predicted molar refractivity (Wildman–Crippen MR) is 75.1 cm³/mol. The number of nitrogens with zero attached hydrogens (tertiary/aromatic N) is 1. The summed E-state index contributed by atoms with van der Waals surface area (Å²) in [5, 5.41) is 0. The van der Waals surface area contributed by atoms with E-state index in [2.05, 4.69) is 4.90 Å². The molecule has 0 aromatic heterocycles. The quantitative estimate of drug-likeness (QED) is 0.834. The van der Waals surface area contributed by atoms with Crippen molar-refractivity contribution >= 4 is 11.4 Å². The number of nitrogens with two attached hydrogens (primary N) is 1. The Kier molecular flexibility index (Phi) is 3.25. The first-order valence-electron chi connectivity index (χ1n) is 7.10. The van der Waals surface area contributed by atoms with Gasteiger partial charge in [0, 0.05) is 24.7 Å². The van der Waals surface area contributed by atoms with Crippen LogP contribution in [0.25, 0.3) is 0 Å². The predicted octanol–water partition coefficient (Wildman–Crippen LogP) is 3.19. The van der Waals surface area contributed by atoms with E-state index >= 15 is 0 Å². The Hall–Kier alpha value is -1.45. The maximum Gasteiger partial charge on any atom is 0.167 e. The summed E-state index contributed by atoms with van der Waals surface area (Å²) in [6.07, 6.45) is 6.35. The molecule has 1 aromatic carbocycles. The molecule has 2 N–H and O–H groups in total. The Bertz CT molecular complexity index is 477. The number of piperidine rings is 1. The monoisotopic (exact) mass is 264 g/mol. The third-order valence-corrected chi connectivity index (χ3v) is 4.60. The summed E-state index contributed by atoms with van der Waals surface area (Å²) in [5.41, 5.74) is 7.48. The van der Waals surface area contributed by atoms with Crippen LogP contribution >= 0.6 is 0 Å². The van der Waals surface area contributed by atoms with E-state index in [4.69, 9.17) is 10.5 Å². The number of hydrogen-bond donors (Lipinski definition) is 1. The third-order valence-electron chi connectivity index (χ3n) is 4.60. The lowest BCUT2D eigenvalue weighted by atomic mass is 9.91. The molecule has 2 fully saturated rings. The first-order valence-corrected chi connectivity index (χ1v) is 7.10. The van der Waals surface area contributed by atoms with Gasteiger partial charge in [-0.3, -0.25) is 0 Å². The summed E-state index contributed by atoms with van der Waals surface area (Å²) in [7, 11) is 1.49. The van der Waals surface area contributed by atoms with E-state index in [1.54, 1.807) is 6.07 Å². The second-order valence-corrected chi connectivity index (χ2v) is 5.64. The second kappa shape index (κ2) is 4.91. The fourth-order valence-electron chi connectivity index (χ4n) is 3.72. The van der Waals surface area contributed by atoms with Crippen molar-refractivity contribution in [3.05, 3.63) is 17.9 Å². The van der Waals surface area contributed by atoms with Crippen molar-refractivity contribution in [3.63, 3.8) is 0 Å². The molecule has 4 heteroatoms. The summed E-state index contributed by atoms with van der Waals surface area (Å²) in [4.78, 5) is 2.37. The maximum atomic E-state index is 13.6. The van der Waals surface area contributed by atoms with Gasteiger partial charge < -0.3 is 15.4 Å². The number of rotatable bonds is 2. The molecule has 1 saturated heterocycles. The van der Waals surface area contributed by atoms with E-state index in [1.807, 2.05) is 0 Å². The molecular weight excluding hydrogens is 243 g/mol. The molecule has 1 aromatic rings. The van der Waals surface area contributed by atoms with Crippen LogP contribution in [0.1, 0.15) is 32.1 Å². The van der Waals surface area contributed by atoms with Gasteiger partial charge in [0.2, 0.25) is 0 Å². The van der Waals surface area contributed by atoms with Crippen LogP contribution in [0.15, 0.2) is 12.1 Å². The fourth-order valence-corrected chi connectivity index (χ4v) is 3.72. The largest absolute Gasteiger partial charge is 0.494 e. The van der Waals surface area contributed by atoms with Crippen LogP contribution in [-0.2, 0) is 0 Å².